The summed E-state index contributed by atoms with van der Waals surface area (Å²) >= 11 is 11.0. The molecule has 0 saturated heterocycles. The first kappa shape index (κ1) is 9.80. The smallest absolute Gasteiger partial charge is 0.0399 e. The maximum absolute atomic E-state index is 5.60. The lowest BCUT2D eigenvalue weighted by Crippen LogP contribution is -1.65. The second-order valence-corrected chi connectivity index (χ2v) is 2.48. The zero-order chi connectivity index (χ0) is 7.82. The van der Waals surface area contributed by atoms with Crippen molar-refractivity contribution in [2.45, 2.75) is 6.42 Å². The summed E-state index contributed by atoms with van der Waals surface area (Å²) in [4.78, 5) is 0. The molecule has 0 rings (SSSR count). The molecule has 0 bridgehead atoms. The van der Waals surface area contributed by atoms with Gasteiger partial charge in [-0.2, -0.15) is 0 Å². The highest BCUT2D eigenvalue weighted by Gasteiger charge is 1.76. The van der Waals surface area contributed by atoms with Gasteiger partial charge in [-0.15, -0.1) is 11.6 Å². The summed E-state index contributed by atoms with van der Waals surface area (Å²) in [5.74, 6) is 0.649. The normalized spacial score (nSPS) is 12.4. The van der Waals surface area contributed by atoms with Crippen LogP contribution in [0.3, 0.4) is 0 Å². The van der Waals surface area contributed by atoms with E-state index in [9.17, 15) is 0 Å². The molecule has 0 amide bonds. The Kier molecular flexibility index (Phi) is 6.78. The van der Waals surface area contributed by atoms with Crippen LogP contribution in [0, 0.1) is 0 Å². The maximum Gasteiger partial charge on any atom is 0.0399 e. The third-order valence-electron chi connectivity index (χ3n) is 0.862. The van der Waals surface area contributed by atoms with Gasteiger partial charge in [0.1, 0.15) is 0 Å². The molecule has 0 spiro atoms. The molecule has 0 unspecified atom stereocenters. The fraction of sp³-hybridized carbons (Fsp3) is 0.250. The van der Waals surface area contributed by atoms with Crippen molar-refractivity contribution in [1.29, 1.82) is 0 Å². The van der Waals surface area contributed by atoms with Gasteiger partial charge >= 0.3 is 0 Å². The molecule has 0 aromatic rings. The molecule has 0 fully saturated rings. The Morgan fingerprint density at radius 3 is 2.70 bits per heavy atom. The Bertz CT molecular complexity index is 145. The number of hydrogen-bond acceptors (Lipinski definition) is 0. The highest BCUT2D eigenvalue weighted by molar-refractivity contribution is 6.31. The lowest BCUT2D eigenvalue weighted by Gasteiger charge is -1.82. The summed E-state index contributed by atoms with van der Waals surface area (Å²) in [7, 11) is 0. The van der Waals surface area contributed by atoms with E-state index in [-0.39, 0.29) is 0 Å². The van der Waals surface area contributed by atoms with E-state index in [2.05, 4.69) is 6.58 Å². The average molecular weight is 177 g/mol. The standard InChI is InChI=1S/C8H10Cl2/c1-2-8(10)6-4-3-5-7-9/h2-4,6H,1,5,7H2/b4-3-,8-6+. The first-order chi connectivity index (χ1) is 4.81. The van der Waals surface area contributed by atoms with Gasteiger partial charge in [0, 0.05) is 10.9 Å². The number of alkyl halides is 1. The van der Waals surface area contributed by atoms with Gasteiger partial charge in [0.15, 0.2) is 0 Å². The Balaban J connectivity index is 3.59. The molecular formula is C8H10Cl2. The van der Waals surface area contributed by atoms with Crippen LogP contribution in [0.5, 0.6) is 0 Å². The first-order valence-corrected chi connectivity index (χ1v) is 3.93. The minimum Gasteiger partial charge on any atom is -0.126 e. The van der Waals surface area contributed by atoms with Gasteiger partial charge in [0.05, 0.1) is 0 Å². The minimum atomic E-state index is 0.644. The van der Waals surface area contributed by atoms with Crippen LogP contribution in [0.1, 0.15) is 6.42 Å². The van der Waals surface area contributed by atoms with Crippen molar-refractivity contribution in [2.24, 2.45) is 0 Å². The van der Waals surface area contributed by atoms with Crippen LogP contribution in [0.25, 0.3) is 0 Å². The maximum atomic E-state index is 5.60. The molecule has 0 saturated carbocycles. The molecule has 0 radical (unpaired) electrons. The third kappa shape index (κ3) is 5.93. The van der Waals surface area contributed by atoms with Crippen molar-refractivity contribution in [3.8, 4) is 0 Å². The van der Waals surface area contributed by atoms with E-state index in [1.165, 1.54) is 0 Å². The second kappa shape index (κ2) is 6.91. The molecule has 0 aromatic carbocycles. The molecular weight excluding hydrogens is 167 g/mol. The van der Waals surface area contributed by atoms with Crippen molar-refractivity contribution < 1.29 is 0 Å². The highest BCUT2D eigenvalue weighted by Crippen LogP contribution is 2.01. The van der Waals surface area contributed by atoms with Crippen molar-refractivity contribution in [2.75, 3.05) is 5.88 Å². The number of hydrogen-bond donors (Lipinski definition) is 0. The van der Waals surface area contributed by atoms with Gasteiger partial charge in [-0.05, 0) is 12.5 Å². The third-order valence-corrected chi connectivity index (χ3v) is 1.36. The largest absolute Gasteiger partial charge is 0.126 e. The molecule has 0 N–H and O–H groups in total. The fourth-order valence-electron chi connectivity index (χ4n) is 0.387. The molecule has 2 heteroatoms. The van der Waals surface area contributed by atoms with Gasteiger partial charge in [0.2, 0.25) is 0 Å². The van der Waals surface area contributed by atoms with E-state index < -0.39 is 0 Å². The molecule has 0 aromatic heterocycles. The quantitative estimate of drug-likeness (QED) is 0.455. The molecule has 0 heterocycles. The van der Waals surface area contributed by atoms with Crippen molar-refractivity contribution in [1.82, 2.24) is 0 Å². The first-order valence-electron chi connectivity index (χ1n) is 3.02. The van der Waals surface area contributed by atoms with E-state index in [1.54, 1.807) is 12.2 Å². The summed E-state index contributed by atoms with van der Waals surface area (Å²) < 4.78 is 0. The van der Waals surface area contributed by atoms with Gasteiger partial charge in [-0.1, -0.05) is 36.4 Å². The predicted molar refractivity (Wildman–Crippen MR) is 48.6 cm³/mol. The molecule has 0 atom stereocenters. The van der Waals surface area contributed by atoms with Crippen molar-refractivity contribution >= 4 is 23.2 Å². The molecule has 56 valence electrons. The zero-order valence-electron chi connectivity index (χ0n) is 5.69. The van der Waals surface area contributed by atoms with Crippen LogP contribution in [0.2, 0.25) is 0 Å². The fourth-order valence-corrected chi connectivity index (χ4v) is 0.586. The molecule has 0 aliphatic carbocycles. The summed E-state index contributed by atoms with van der Waals surface area (Å²) in [6.07, 6.45) is 8.07. The topological polar surface area (TPSA) is 0 Å². The molecule has 0 aliphatic heterocycles. The van der Waals surface area contributed by atoms with Gasteiger partial charge in [-0.3, -0.25) is 0 Å². The molecule has 0 aliphatic rings. The van der Waals surface area contributed by atoms with Crippen LogP contribution in [-0.2, 0) is 0 Å². The van der Waals surface area contributed by atoms with Crippen LogP contribution in [0.4, 0.5) is 0 Å². The lowest BCUT2D eigenvalue weighted by molar-refractivity contribution is 1.23. The lowest BCUT2D eigenvalue weighted by atomic mass is 10.4. The van der Waals surface area contributed by atoms with Crippen LogP contribution < -0.4 is 0 Å². The Labute approximate surface area is 71.8 Å². The Morgan fingerprint density at radius 2 is 2.20 bits per heavy atom. The minimum absolute atomic E-state index is 0.644. The number of halogens is 2. The van der Waals surface area contributed by atoms with Crippen molar-refractivity contribution in [3.63, 3.8) is 0 Å². The van der Waals surface area contributed by atoms with Gasteiger partial charge in [-0.25, -0.2) is 0 Å². The predicted octanol–water partition coefficient (Wildman–Crippen LogP) is 3.48. The van der Waals surface area contributed by atoms with Crippen molar-refractivity contribution in [3.05, 3.63) is 35.9 Å². The van der Waals surface area contributed by atoms with Crippen LogP contribution in [-0.4, -0.2) is 5.88 Å². The number of allylic oxidation sites excluding steroid dienone is 5. The van der Waals surface area contributed by atoms with E-state index in [4.69, 9.17) is 23.2 Å². The zero-order valence-corrected chi connectivity index (χ0v) is 7.20. The van der Waals surface area contributed by atoms with Crippen LogP contribution in [0.15, 0.2) is 35.9 Å². The summed E-state index contributed by atoms with van der Waals surface area (Å²) in [5.41, 5.74) is 0. The summed E-state index contributed by atoms with van der Waals surface area (Å²) in [5, 5.41) is 0.644. The summed E-state index contributed by atoms with van der Waals surface area (Å²) in [6, 6.07) is 0. The van der Waals surface area contributed by atoms with Gasteiger partial charge in [0.25, 0.3) is 0 Å². The highest BCUT2D eigenvalue weighted by atomic mass is 35.5. The average Bonchev–Trinajstić information content (AvgIpc) is 1.98. The molecule has 0 nitrogen and oxygen atoms in total. The number of rotatable bonds is 4. The Hall–Kier alpha value is -0.200. The monoisotopic (exact) mass is 176 g/mol. The van der Waals surface area contributed by atoms with E-state index in [0.29, 0.717) is 10.9 Å². The van der Waals surface area contributed by atoms with Gasteiger partial charge < -0.3 is 0 Å². The second-order valence-electron chi connectivity index (χ2n) is 1.66. The summed E-state index contributed by atoms with van der Waals surface area (Å²) in [6.45, 7) is 3.50. The SMILES string of the molecule is C=C/C(Cl)=C\C=C/CCCl. The molecule has 10 heavy (non-hydrogen) atoms. The van der Waals surface area contributed by atoms with E-state index in [0.717, 1.165) is 6.42 Å². The van der Waals surface area contributed by atoms with Crippen LogP contribution >= 0.6 is 23.2 Å². The van der Waals surface area contributed by atoms with E-state index >= 15 is 0 Å². The van der Waals surface area contributed by atoms with E-state index in [1.807, 2.05) is 12.2 Å². The Morgan fingerprint density at radius 1 is 1.50 bits per heavy atom.